The molecule has 0 saturated heterocycles. The summed E-state index contributed by atoms with van der Waals surface area (Å²) in [6.45, 7) is 2.37. The molecule has 7 heteroatoms. The van der Waals surface area contributed by atoms with E-state index in [-0.39, 0.29) is 5.94 Å². The molecule has 0 bridgehead atoms. The normalized spacial score (nSPS) is 12.6. The van der Waals surface area contributed by atoms with E-state index in [1.807, 2.05) is 37.3 Å². The Hall–Kier alpha value is -1.73. The zero-order chi connectivity index (χ0) is 17.1. The maximum atomic E-state index is 10.5. The molecule has 1 atom stereocenters. The van der Waals surface area contributed by atoms with Crippen molar-refractivity contribution in [3.05, 3.63) is 58.9 Å². The van der Waals surface area contributed by atoms with E-state index in [0.29, 0.717) is 18.1 Å². The minimum Gasteiger partial charge on any atom is -0.771 e. The predicted molar refractivity (Wildman–Crippen MR) is 94.3 cm³/mol. The molecule has 3 aromatic rings. The molecule has 2 heterocycles. The number of benzene rings is 1. The average Bonchev–Trinajstić information content (AvgIpc) is 2.87. The average molecular weight is 364 g/mol. The Bertz CT molecular complexity index is 877. The van der Waals surface area contributed by atoms with Crippen molar-refractivity contribution in [2.24, 2.45) is 0 Å². The molecule has 0 amide bonds. The summed E-state index contributed by atoms with van der Waals surface area (Å²) >= 11 is 3.79. The van der Waals surface area contributed by atoms with Gasteiger partial charge in [0, 0.05) is 22.6 Å². The minimum atomic E-state index is -2.18. The van der Waals surface area contributed by atoms with Crippen molar-refractivity contribution in [2.75, 3.05) is 12.5 Å². The van der Waals surface area contributed by atoms with Crippen LogP contribution in [-0.2, 0) is 22.2 Å². The van der Waals surface area contributed by atoms with E-state index in [4.69, 9.17) is 16.3 Å². The zero-order valence-corrected chi connectivity index (χ0v) is 14.6. The van der Waals surface area contributed by atoms with Gasteiger partial charge >= 0.3 is 0 Å². The van der Waals surface area contributed by atoms with Gasteiger partial charge in [-0.2, -0.15) is 0 Å². The maximum absolute atomic E-state index is 10.5. The second-order valence-corrected chi connectivity index (χ2v) is 6.70. The largest absolute Gasteiger partial charge is 0.771 e. The van der Waals surface area contributed by atoms with Crippen LogP contribution in [0.3, 0.4) is 0 Å². The number of ether oxygens (including phenoxy) is 1. The third kappa shape index (κ3) is 3.84. The van der Waals surface area contributed by atoms with Crippen LogP contribution in [0.5, 0.6) is 0 Å². The summed E-state index contributed by atoms with van der Waals surface area (Å²) in [5.41, 5.74) is 5.00. The van der Waals surface area contributed by atoms with Crippen LogP contribution in [0.1, 0.15) is 11.3 Å². The van der Waals surface area contributed by atoms with Gasteiger partial charge in [0.05, 0.1) is 17.6 Å². The Morgan fingerprint density at radius 3 is 2.75 bits per heavy atom. The van der Waals surface area contributed by atoms with Gasteiger partial charge in [-0.05, 0) is 66.4 Å². The van der Waals surface area contributed by atoms with Crippen molar-refractivity contribution in [3.63, 3.8) is 0 Å². The molecule has 126 valence electrons. The molecule has 1 aromatic carbocycles. The van der Waals surface area contributed by atoms with E-state index in [1.54, 1.807) is 6.20 Å². The van der Waals surface area contributed by atoms with Crippen LogP contribution in [0.25, 0.3) is 16.7 Å². The van der Waals surface area contributed by atoms with Crippen molar-refractivity contribution >= 4 is 33.7 Å². The molecule has 0 radical (unpaired) electrons. The highest BCUT2D eigenvalue weighted by Gasteiger charge is 2.09. The summed E-state index contributed by atoms with van der Waals surface area (Å²) in [6, 6.07) is 11.7. The third-order valence-electron chi connectivity index (χ3n) is 3.69. The first kappa shape index (κ1) is 17.1. The molecule has 0 N–H and O–H groups in total. The van der Waals surface area contributed by atoms with Crippen LogP contribution in [0.2, 0.25) is 5.02 Å². The summed E-state index contributed by atoms with van der Waals surface area (Å²) in [5.74, 6) is -0.282. The van der Waals surface area contributed by atoms with E-state index >= 15 is 0 Å². The fourth-order valence-corrected chi connectivity index (χ4v) is 3.01. The smallest absolute Gasteiger partial charge is 0.108 e. The summed E-state index contributed by atoms with van der Waals surface area (Å²) < 4.78 is 28.1. The van der Waals surface area contributed by atoms with Crippen molar-refractivity contribution < 1.29 is 13.5 Å². The van der Waals surface area contributed by atoms with E-state index in [2.05, 4.69) is 15.6 Å². The van der Waals surface area contributed by atoms with E-state index in [0.717, 1.165) is 28.0 Å². The molecule has 0 fully saturated rings. The van der Waals surface area contributed by atoms with Gasteiger partial charge in [0.2, 0.25) is 0 Å². The number of rotatable bonds is 6. The van der Waals surface area contributed by atoms with Gasteiger partial charge in [-0.25, -0.2) is 0 Å². The highest BCUT2D eigenvalue weighted by Crippen LogP contribution is 2.24. The molecular formula is C17H16ClN2O3S-. The first-order valence-electron chi connectivity index (χ1n) is 7.41. The fraction of sp³-hybridized carbons (Fsp3) is 0.235. The lowest BCUT2D eigenvalue weighted by molar-refractivity contribution is 0.178. The van der Waals surface area contributed by atoms with Crippen LogP contribution in [0.4, 0.5) is 0 Å². The standard InChI is InChI=1S/C17H17ClN2O3S/c1-12-8-16-17(20(12)15-4-2-14(18)3-5-15)9-13(10-19-16)6-7-23-11-24(21)22/h2-5,8-10H,6-7,11H2,1H3,(H,21,22)/p-1. The Morgan fingerprint density at radius 2 is 2.04 bits per heavy atom. The Morgan fingerprint density at radius 1 is 1.29 bits per heavy atom. The summed E-state index contributed by atoms with van der Waals surface area (Å²) in [6.07, 6.45) is 2.40. The maximum Gasteiger partial charge on any atom is 0.108 e. The summed E-state index contributed by atoms with van der Waals surface area (Å²) in [7, 11) is 0. The lowest BCUT2D eigenvalue weighted by Crippen LogP contribution is -2.05. The van der Waals surface area contributed by atoms with Crippen LogP contribution in [0.15, 0.2) is 42.6 Å². The molecule has 2 aromatic heterocycles. The lowest BCUT2D eigenvalue weighted by Gasteiger charge is -2.10. The van der Waals surface area contributed by atoms with Crippen molar-refractivity contribution in [3.8, 4) is 5.69 Å². The zero-order valence-electron chi connectivity index (χ0n) is 13.1. The SMILES string of the molecule is Cc1cc2ncc(CCOCS(=O)[O-])cc2n1-c1ccc(Cl)cc1. The number of nitrogens with zero attached hydrogens (tertiary/aromatic N) is 2. The van der Waals surface area contributed by atoms with Crippen LogP contribution in [-0.4, -0.2) is 30.9 Å². The van der Waals surface area contributed by atoms with E-state index in [1.165, 1.54) is 0 Å². The molecule has 0 spiro atoms. The second kappa shape index (κ2) is 7.44. The molecular weight excluding hydrogens is 348 g/mol. The highest BCUT2D eigenvalue weighted by molar-refractivity contribution is 7.78. The molecule has 5 nitrogen and oxygen atoms in total. The van der Waals surface area contributed by atoms with E-state index in [9.17, 15) is 8.76 Å². The summed E-state index contributed by atoms with van der Waals surface area (Å²) in [4.78, 5) is 4.50. The predicted octanol–water partition coefficient (Wildman–Crippen LogP) is 3.38. The number of halogens is 1. The molecule has 0 aliphatic carbocycles. The number of hydrogen-bond donors (Lipinski definition) is 0. The highest BCUT2D eigenvalue weighted by atomic mass is 35.5. The minimum absolute atomic E-state index is 0.282. The van der Waals surface area contributed by atoms with Gasteiger partial charge in [0.25, 0.3) is 0 Å². The quantitative estimate of drug-likeness (QED) is 0.497. The van der Waals surface area contributed by atoms with Gasteiger partial charge < -0.3 is 13.9 Å². The van der Waals surface area contributed by atoms with Crippen LogP contribution in [0, 0.1) is 6.92 Å². The van der Waals surface area contributed by atoms with Gasteiger partial charge in [0.15, 0.2) is 0 Å². The fourth-order valence-electron chi connectivity index (χ4n) is 2.63. The van der Waals surface area contributed by atoms with Gasteiger partial charge in [0.1, 0.15) is 5.94 Å². The molecule has 0 aliphatic rings. The van der Waals surface area contributed by atoms with Crippen molar-refractivity contribution in [1.82, 2.24) is 9.55 Å². The molecule has 24 heavy (non-hydrogen) atoms. The number of pyridine rings is 1. The first-order valence-corrected chi connectivity index (χ1v) is 9.03. The number of hydrogen-bond acceptors (Lipinski definition) is 4. The Labute approximate surface area is 147 Å². The van der Waals surface area contributed by atoms with E-state index < -0.39 is 11.1 Å². The first-order chi connectivity index (χ1) is 11.5. The Kier molecular flexibility index (Phi) is 5.30. The second-order valence-electron chi connectivity index (χ2n) is 5.43. The molecule has 0 saturated carbocycles. The van der Waals surface area contributed by atoms with Crippen molar-refractivity contribution in [2.45, 2.75) is 13.3 Å². The van der Waals surface area contributed by atoms with Crippen LogP contribution < -0.4 is 0 Å². The number of fused-ring (bicyclic) bond motifs is 1. The number of aromatic nitrogens is 2. The Balaban J connectivity index is 1.89. The molecule has 0 aliphatic heterocycles. The van der Waals surface area contributed by atoms with Gasteiger partial charge in [-0.15, -0.1) is 0 Å². The van der Waals surface area contributed by atoms with Gasteiger partial charge in [-0.3, -0.25) is 9.19 Å². The van der Waals surface area contributed by atoms with Crippen LogP contribution >= 0.6 is 11.6 Å². The third-order valence-corrected chi connectivity index (χ3v) is 4.30. The molecule has 1 unspecified atom stereocenters. The lowest BCUT2D eigenvalue weighted by atomic mass is 10.2. The molecule has 3 rings (SSSR count). The monoisotopic (exact) mass is 363 g/mol. The van der Waals surface area contributed by atoms with Crippen molar-refractivity contribution in [1.29, 1.82) is 0 Å². The van der Waals surface area contributed by atoms with Gasteiger partial charge in [-0.1, -0.05) is 11.6 Å². The summed E-state index contributed by atoms with van der Waals surface area (Å²) in [5, 5.41) is 0.694. The topological polar surface area (TPSA) is 67.2 Å². The number of aryl methyl sites for hydroxylation is 1.